The molecular weight excluding hydrogens is 633 g/mol. The van der Waals surface area contributed by atoms with Gasteiger partial charge in [-0.1, -0.05) is 29.8 Å². The van der Waals surface area contributed by atoms with E-state index in [0.29, 0.717) is 51.0 Å². The lowest BCUT2D eigenvalue weighted by Crippen LogP contribution is -2.57. The third-order valence-corrected chi connectivity index (χ3v) is 10.8. The van der Waals surface area contributed by atoms with Gasteiger partial charge in [0.1, 0.15) is 5.82 Å². The maximum atomic E-state index is 15.4. The molecule has 1 aromatic heterocycles. The maximum absolute atomic E-state index is 15.4. The average Bonchev–Trinajstić information content (AvgIpc) is 3.65. The highest BCUT2D eigenvalue weighted by Gasteiger charge is 2.42. The molecular formula is C34H39ClFN3O6S. The number of carboxylic acid groups (broad SMARTS) is 1. The first kappa shape index (κ1) is 32.8. The van der Waals surface area contributed by atoms with Gasteiger partial charge in [0.15, 0.2) is 0 Å². The fraction of sp³-hybridized carbons (Fsp3) is 0.500. The first-order chi connectivity index (χ1) is 22.2. The molecule has 2 saturated heterocycles. The van der Waals surface area contributed by atoms with Gasteiger partial charge in [0.05, 0.1) is 53.5 Å². The van der Waals surface area contributed by atoms with Crippen LogP contribution < -0.4 is 5.32 Å². The number of rotatable bonds is 11. The zero-order valence-corrected chi connectivity index (χ0v) is 27.3. The molecule has 2 aromatic carbocycles. The van der Waals surface area contributed by atoms with Gasteiger partial charge in [-0.3, -0.25) is 19.3 Å². The second kappa shape index (κ2) is 14.4. The summed E-state index contributed by atoms with van der Waals surface area (Å²) >= 11 is 7.97. The van der Waals surface area contributed by atoms with Crippen LogP contribution in [0.2, 0.25) is 5.02 Å². The number of ether oxygens (including phenoxy) is 2. The summed E-state index contributed by atoms with van der Waals surface area (Å²) in [5.74, 6) is -2.31. The van der Waals surface area contributed by atoms with E-state index in [0.717, 1.165) is 29.6 Å². The summed E-state index contributed by atoms with van der Waals surface area (Å²) in [5.41, 5.74) is 0.782. The third-order valence-electron chi connectivity index (χ3n) is 9.51. The Kier molecular flexibility index (Phi) is 10.2. The van der Waals surface area contributed by atoms with Gasteiger partial charge in [0.2, 0.25) is 5.91 Å². The number of carbonyl (C=O) groups is 3. The SMILES string of the molecule is CCOC1CN([C@H]2C[C@@H](COC3CCC(C(=O)O)CC3)N(C(=O)Cc3cc(Cl)c(NC(=O)c4csc5ccccc45)cc3F)C2)C1. The van der Waals surface area contributed by atoms with Crippen molar-refractivity contribution in [2.24, 2.45) is 5.92 Å². The van der Waals surface area contributed by atoms with Gasteiger partial charge in [-0.05, 0) is 62.8 Å². The molecule has 1 aliphatic carbocycles. The minimum absolute atomic E-state index is 0.0379. The Bertz CT molecular complexity index is 1590. The van der Waals surface area contributed by atoms with Crippen molar-refractivity contribution in [1.82, 2.24) is 9.80 Å². The number of thiophene rings is 1. The number of anilines is 1. The van der Waals surface area contributed by atoms with E-state index in [1.165, 1.54) is 23.5 Å². The summed E-state index contributed by atoms with van der Waals surface area (Å²) in [6, 6.07) is 10.1. The maximum Gasteiger partial charge on any atom is 0.306 e. The fourth-order valence-corrected chi connectivity index (χ4v) is 8.05. The Balaban J connectivity index is 1.11. The number of hydrogen-bond acceptors (Lipinski definition) is 7. The van der Waals surface area contributed by atoms with E-state index in [2.05, 4.69) is 10.2 Å². The van der Waals surface area contributed by atoms with Crippen LogP contribution in [0.1, 0.15) is 54.9 Å². The molecule has 2 atom stereocenters. The molecule has 0 spiro atoms. The van der Waals surface area contributed by atoms with Gasteiger partial charge >= 0.3 is 5.97 Å². The summed E-state index contributed by atoms with van der Waals surface area (Å²) in [4.78, 5) is 42.2. The number of aliphatic carboxylic acids is 1. The standard InChI is InChI=1S/C34H39ClFN3O6S/c1-2-44-25-16-38(17-25)22-13-23(18-45-24-9-7-20(8-10-24)34(42)43)39(15-22)32(40)12-21-11-28(35)30(14-29(21)36)37-33(41)27-19-46-31-6-4-3-5-26(27)31/h3-6,11,14,19-20,22-25H,2,7-10,12-13,15-18H2,1H3,(H,37,41)(H,42,43)/t20?,22-,23-,24?/m0/s1. The molecule has 2 aliphatic heterocycles. The van der Waals surface area contributed by atoms with Crippen molar-refractivity contribution in [2.75, 3.05) is 38.2 Å². The van der Waals surface area contributed by atoms with E-state index in [-0.39, 0.29) is 64.7 Å². The minimum atomic E-state index is -0.757. The highest BCUT2D eigenvalue weighted by molar-refractivity contribution is 7.17. The molecule has 246 valence electrons. The van der Waals surface area contributed by atoms with Gasteiger partial charge in [-0.25, -0.2) is 4.39 Å². The van der Waals surface area contributed by atoms with E-state index in [4.69, 9.17) is 21.1 Å². The number of amides is 2. The molecule has 3 heterocycles. The van der Waals surface area contributed by atoms with Crippen LogP contribution in [0.15, 0.2) is 41.8 Å². The van der Waals surface area contributed by atoms with Crippen molar-refractivity contribution in [3.05, 3.63) is 63.7 Å². The second-order valence-corrected chi connectivity index (χ2v) is 13.8. The lowest BCUT2D eigenvalue weighted by atomic mass is 9.87. The van der Waals surface area contributed by atoms with Crippen LogP contribution in [0.25, 0.3) is 10.1 Å². The molecule has 6 rings (SSSR count). The van der Waals surface area contributed by atoms with Crippen molar-refractivity contribution in [1.29, 1.82) is 0 Å². The molecule has 46 heavy (non-hydrogen) atoms. The molecule has 0 bridgehead atoms. The Morgan fingerprint density at radius 2 is 1.83 bits per heavy atom. The first-order valence-electron chi connectivity index (χ1n) is 15.9. The summed E-state index contributed by atoms with van der Waals surface area (Å²) in [7, 11) is 0. The average molecular weight is 672 g/mol. The van der Waals surface area contributed by atoms with Crippen molar-refractivity contribution in [2.45, 2.75) is 69.7 Å². The van der Waals surface area contributed by atoms with Crippen molar-refractivity contribution in [3.63, 3.8) is 0 Å². The van der Waals surface area contributed by atoms with Crippen LogP contribution in [-0.2, 0) is 25.5 Å². The number of carbonyl (C=O) groups excluding carboxylic acids is 2. The lowest BCUT2D eigenvalue weighted by Gasteiger charge is -2.42. The van der Waals surface area contributed by atoms with E-state index in [1.54, 1.807) is 10.3 Å². The summed E-state index contributed by atoms with van der Waals surface area (Å²) in [5, 5.41) is 14.8. The Morgan fingerprint density at radius 3 is 2.57 bits per heavy atom. The van der Waals surface area contributed by atoms with Crippen LogP contribution in [-0.4, -0.2) is 89.8 Å². The van der Waals surface area contributed by atoms with Gasteiger partial charge in [0.25, 0.3) is 5.91 Å². The molecule has 0 unspecified atom stereocenters. The highest BCUT2D eigenvalue weighted by Crippen LogP contribution is 2.33. The topological polar surface area (TPSA) is 108 Å². The summed E-state index contributed by atoms with van der Waals surface area (Å²) in [6.07, 6.45) is 3.25. The molecule has 3 aromatic rings. The molecule has 12 heteroatoms. The number of benzene rings is 2. The first-order valence-corrected chi connectivity index (χ1v) is 17.2. The lowest BCUT2D eigenvalue weighted by molar-refractivity contribution is -0.144. The number of halogens is 2. The van der Waals surface area contributed by atoms with E-state index >= 15 is 4.39 Å². The van der Waals surface area contributed by atoms with Gasteiger partial charge in [-0.15, -0.1) is 11.3 Å². The molecule has 9 nitrogen and oxygen atoms in total. The normalized spacial score (nSPS) is 23.8. The highest BCUT2D eigenvalue weighted by atomic mass is 35.5. The van der Waals surface area contributed by atoms with Gasteiger partial charge in [-0.2, -0.15) is 0 Å². The number of nitrogens with one attached hydrogen (secondary N) is 1. The van der Waals surface area contributed by atoms with Crippen molar-refractivity contribution < 1.29 is 33.4 Å². The molecule has 1 saturated carbocycles. The zero-order chi connectivity index (χ0) is 32.4. The van der Waals surface area contributed by atoms with Crippen LogP contribution >= 0.6 is 22.9 Å². The van der Waals surface area contributed by atoms with Gasteiger partial charge < -0.3 is 24.8 Å². The Labute approximate surface area is 276 Å². The molecule has 3 fully saturated rings. The quantitative estimate of drug-likeness (QED) is 0.264. The molecule has 2 N–H and O–H groups in total. The largest absolute Gasteiger partial charge is 0.481 e. The Hall–Kier alpha value is -3.09. The smallest absolute Gasteiger partial charge is 0.306 e. The molecule has 0 radical (unpaired) electrons. The van der Waals surface area contributed by atoms with Crippen LogP contribution in [0.4, 0.5) is 10.1 Å². The second-order valence-electron chi connectivity index (χ2n) is 12.5. The van der Waals surface area contributed by atoms with E-state index in [9.17, 15) is 19.5 Å². The summed E-state index contributed by atoms with van der Waals surface area (Å²) < 4.78 is 28.4. The summed E-state index contributed by atoms with van der Waals surface area (Å²) in [6.45, 7) is 5.12. The molecule has 2 amide bonds. The Morgan fingerprint density at radius 1 is 1.07 bits per heavy atom. The van der Waals surface area contributed by atoms with Gasteiger partial charge in [0, 0.05) is 47.7 Å². The van der Waals surface area contributed by atoms with E-state index < -0.39 is 11.8 Å². The minimum Gasteiger partial charge on any atom is -0.481 e. The van der Waals surface area contributed by atoms with Crippen LogP contribution in [0.3, 0.4) is 0 Å². The van der Waals surface area contributed by atoms with Crippen LogP contribution in [0, 0.1) is 11.7 Å². The predicted octanol–water partition coefficient (Wildman–Crippen LogP) is 5.84. The van der Waals surface area contributed by atoms with Crippen LogP contribution in [0.5, 0.6) is 0 Å². The predicted molar refractivity (Wildman–Crippen MR) is 175 cm³/mol. The number of carboxylic acids is 1. The van der Waals surface area contributed by atoms with E-state index in [1.807, 2.05) is 31.2 Å². The number of hydrogen-bond donors (Lipinski definition) is 2. The fourth-order valence-electron chi connectivity index (χ4n) is 6.88. The number of likely N-dealkylation sites (tertiary alicyclic amines) is 2. The van der Waals surface area contributed by atoms with Crippen molar-refractivity contribution in [3.8, 4) is 0 Å². The molecule has 3 aliphatic rings. The number of nitrogens with zero attached hydrogens (tertiary/aromatic N) is 2. The number of fused-ring (bicyclic) bond motifs is 1. The van der Waals surface area contributed by atoms with Crippen molar-refractivity contribution >= 4 is 56.5 Å². The third kappa shape index (κ3) is 7.23. The monoisotopic (exact) mass is 671 g/mol. The zero-order valence-electron chi connectivity index (χ0n) is 25.8.